The monoisotopic (exact) mass is 184 g/mol. The van der Waals surface area contributed by atoms with Gasteiger partial charge in [0.1, 0.15) is 0 Å². The summed E-state index contributed by atoms with van der Waals surface area (Å²) >= 11 is 1.62. The van der Waals surface area contributed by atoms with E-state index < -0.39 is 0 Å². The van der Waals surface area contributed by atoms with E-state index in [0.29, 0.717) is 6.42 Å². The Labute approximate surface area is 75.8 Å². The summed E-state index contributed by atoms with van der Waals surface area (Å²) in [6, 6.07) is 1.94. The Morgan fingerprint density at radius 1 is 1.67 bits per heavy atom. The minimum absolute atomic E-state index is 0.281. The number of carbonyl (C=O) groups excluding carboxylic acids is 1. The standard InChI is InChI=1S/C8H12N2OS/c1-10(2)8-6(3-4-12-8)5-7(9)11/h3-4H,5H2,1-2H3,(H2,9,11). The second-order valence-electron chi connectivity index (χ2n) is 2.79. The molecule has 0 aromatic carbocycles. The number of carbonyl (C=O) groups is 1. The number of hydrogen-bond acceptors (Lipinski definition) is 3. The maximum Gasteiger partial charge on any atom is 0.221 e. The third-order valence-corrected chi connectivity index (χ3v) is 2.62. The fraction of sp³-hybridized carbons (Fsp3) is 0.375. The first-order valence-corrected chi connectivity index (χ1v) is 4.51. The molecule has 0 aliphatic rings. The summed E-state index contributed by atoms with van der Waals surface area (Å²) in [5, 5.41) is 3.07. The van der Waals surface area contributed by atoms with E-state index in [-0.39, 0.29) is 5.91 Å². The summed E-state index contributed by atoms with van der Waals surface area (Å²) < 4.78 is 0. The molecule has 4 heteroatoms. The van der Waals surface area contributed by atoms with Crippen LogP contribution < -0.4 is 10.6 Å². The average molecular weight is 184 g/mol. The zero-order valence-corrected chi connectivity index (χ0v) is 8.02. The number of hydrogen-bond donors (Lipinski definition) is 1. The number of amides is 1. The van der Waals surface area contributed by atoms with Gasteiger partial charge in [-0.25, -0.2) is 0 Å². The van der Waals surface area contributed by atoms with Crippen LogP contribution in [0.25, 0.3) is 0 Å². The second kappa shape index (κ2) is 3.58. The summed E-state index contributed by atoms with van der Waals surface area (Å²) in [7, 11) is 3.91. The summed E-state index contributed by atoms with van der Waals surface area (Å²) in [6.45, 7) is 0. The van der Waals surface area contributed by atoms with Gasteiger partial charge in [0.05, 0.1) is 11.4 Å². The molecule has 1 rings (SSSR count). The van der Waals surface area contributed by atoms with Crippen molar-refractivity contribution in [3.63, 3.8) is 0 Å². The van der Waals surface area contributed by atoms with Crippen molar-refractivity contribution in [1.29, 1.82) is 0 Å². The number of thiophene rings is 1. The maximum absolute atomic E-state index is 10.6. The van der Waals surface area contributed by atoms with Gasteiger partial charge >= 0.3 is 0 Å². The fourth-order valence-corrected chi connectivity index (χ4v) is 1.91. The van der Waals surface area contributed by atoms with Crippen molar-refractivity contribution < 1.29 is 4.79 Å². The van der Waals surface area contributed by atoms with Crippen molar-refractivity contribution in [2.24, 2.45) is 5.73 Å². The van der Waals surface area contributed by atoms with Gasteiger partial charge in [0, 0.05) is 14.1 Å². The van der Waals surface area contributed by atoms with Crippen LogP contribution in [-0.4, -0.2) is 20.0 Å². The topological polar surface area (TPSA) is 46.3 Å². The summed E-state index contributed by atoms with van der Waals surface area (Å²) in [5.41, 5.74) is 6.11. The fourth-order valence-electron chi connectivity index (χ4n) is 1.04. The van der Waals surface area contributed by atoms with Crippen LogP contribution in [0.5, 0.6) is 0 Å². The Morgan fingerprint density at radius 2 is 2.33 bits per heavy atom. The molecule has 0 saturated heterocycles. The van der Waals surface area contributed by atoms with Crippen LogP contribution in [-0.2, 0) is 11.2 Å². The highest BCUT2D eigenvalue weighted by atomic mass is 32.1. The van der Waals surface area contributed by atoms with Crippen LogP contribution in [0.2, 0.25) is 0 Å². The normalized spacial score (nSPS) is 9.83. The average Bonchev–Trinajstić information content (AvgIpc) is 2.33. The van der Waals surface area contributed by atoms with Gasteiger partial charge in [-0.15, -0.1) is 11.3 Å². The van der Waals surface area contributed by atoms with Crippen molar-refractivity contribution in [3.8, 4) is 0 Å². The molecule has 0 atom stereocenters. The van der Waals surface area contributed by atoms with E-state index in [1.807, 2.05) is 30.4 Å². The smallest absolute Gasteiger partial charge is 0.221 e. The van der Waals surface area contributed by atoms with Crippen molar-refractivity contribution in [3.05, 3.63) is 17.0 Å². The first-order valence-electron chi connectivity index (χ1n) is 3.63. The van der Waals surface area contributed by atoms with Gasteiger partial charge in [0.25, 0.3) is 0 Å². The van der Waals surface area contributed by atoms with Gasteiger partial charge < -0.3 is 10.6 Å². The lowest BCUT2D eigenvalue weighted by molar-refractivity contribution is -0.117. The van der Waals surface area contributed by atoms with Gasteiger partial charge in [-0.05, 0) is 17.0 Å². The molecule has 1 aromatic rings. The van der Waals surface area contributed by atoms with Crippen LogP contribution in [0.1, 0.15) is 5.56 Å². The van der Waals surface area contributed by atoms with Crippen LogP contribution in [0.15, 0.2) is 11.4 Å². The molecule has 1 heterocycles. The minimum atomic E-state index is -0.281. The minimum Gasteiger partial charge on any atom is -0.369 e. The highest BCUT2D eigenvalue weighted by Crippen LogP contribution is 2.25. The summed E-state index contributed by atoms with van der Waals surface area (Å²) in [6.07, 6.45) is 0.330. The molecule has 1 amide bonds. The molecule has 0 aliphatic carbocycles. The van der Waals surface area contributed by atoms with E-state index in [1.54, 1.807) is 11.3 Å². The van der Waals surface area contributed by atoms with E-state index in [0.717, 1.165) is 10.6 Å². The number of primary amides is 1. The Morgan fingerprint density at radius 3 is 2.83 bits per heavy atom. The van der Waals surface area contributed by atoms with Crippen molar-refractivity contribution in [2.45, 2.75) is 6.42 Å². The first-order chi connectivity index (χ1) is 5.61. The third kappa shape index (κ3) is 1.98. The predicted molar refractivity (Wildman–Crippen MR) is 51.5 cm³/mol. The lowest BCUT2D eigenvalue weighted by Crippen LogP contribution is -2.16. The van der Waals surface area contributed by atoms with Gasteiger partial charge in [-0.3, -0.25) is 4.79 Å². The number of rotatable bonds is 3. The molecule has 0 radical (unpaired) electrons. The molecule has 1 aromatic heterocycles. The number of anilines is 1. The molecule has 0 spiro atoms. The molecular formula is C8H12N2OS. The molecular weight excluding hydrogens is 172 g/mol. The molecule has 12 heavy (non-hydrogen) atoms. The first kappa shape index (κ1) is 9.06. The second-order valence-corrected chi connectivity index (χ2v) is 3.68. The van der Waals surface area contributed by atoms with Gasteiger partial charge in [0.2, 0.25) is 5.91 Å². The molecule has 0 aliphatic heterocycles. The van der Waals surface area contributed by atoms with Crippen molar-refractivity contribution >= 4 is 22.2 Å². The van der Waals surface area contributed by atoms with Gasteiger partial charge in [-0.1, -0.05) is 0 Å². The van der Waals surface area contributed by atoms with Gasteiger partial charge in [0.15, 0.2) is 0 Å². The molecule has 66 valence electrons. The van der Waals surface area contributed by atoms with Crippen molar-refractivity contribution in [2.75, 3.05) is 19.0 Å². The van der Waals surface area contributed by atoms with Crippen molar-refractivity contribution in [1.82, 2.24) is 0 Å². The molecule has 0 saturated carbocycles. The van der Waals surface area contributed by atoms with Gasteiger partial charge in [-0.2, -0.15) is 0 Å². The van der Waals surface area contributed by atoms with E-state index in [9.17, 15) is 4.79 Å². The maximum atomic E-state index is 10.6. The van der Waals surface area contributed by atoms with E-state index in [4.69, 9.17) is 5.73 Å². The number of nitrogens with two attached hydrogens (primary N) is 1. The molecule has 3 nitrogen and oxygen atoms in total. The van der Waals surface area contributed by atoms with E-state index in [1.165, 1.54) is 0 Å². The SMILES string of the molecule is CN(C)c1sccc1CC(N)=O. The quantitative estimate of drug-likeness (QED) is 0.756. The Kier molecular flexibility index (Phi) is 2.70. The molecule has 0 fully saturated rings. The van der Waals surface area contributed by atoms with Crippen LogP contribution in [0, 0.1) is 0 Å². The van der Waals surface area contributed by atoms with E-state index >= 15 is 0 Å². The molecule has 0 bridgehead atoms. The van der Waals surface area contributed by atoms with Crippen LogP contribution in [0.4, 0.5) is 5.00 Å². The zero-order chi connectivity index (χ0) is 9.14. The predicted octanol–water partition coefficient (Wildman–Crippen LogP) is 0.842. The largest absolute Gasteiger partial charge is 0.369 e. The lowest BCUT2D eigenvalue weighted by atomic mass is 10.2. The summed E-state index contributed by atoms with van der Waals surface area (Å²) in [4.78, 5) is 12.6. The third-order valence-electron chi connectivity index (χ3n) is 1.49. The zero-order valence-electron chi connectivity index (χ0n) is 7.20. The van der Waals surface area contributed by atoms with E-state index in [2.05, 4.69) is 0 Å². The Hall–Kier alpha value is -1.03. The van der Waals surface area contributed by atoms with Crippen LogP contribution in [0.3, 0.4) is 0 Å². The molecule has 2 N–H and O–H groups in total. The molecule has 0 unspecified atom stereocenters. The number of nitrogens with zero attached hydrogens (tertiary/aromatic N) is 1. The Balaban J connectivity index is 2.84. The summed E-state index contributed by atoms with van der Waals surface area (Å²) in [5.74, 6) is -0.281. The Bertz CT molecular complexity index is 280. The highest BCUT2D eigenvalue weighted by molar-refractivity contribution is 7.14. The van der Waals surface area contributed by atoms with Crippen LogP contribution >= 0.6 is 11.3 Å². The highest BCUT2D eigenvalue weighted by Gasteiger charge is 2.07. The lowest BCUT2D eigenvalue weighted by Gasteiger charge is -2.11.